The highest BCUT2D eigenvalue weighted by molar-refractivity contribution is 8.02. The number of aromatic nitrogens is 2. The van der Waals surface area contributed by atoms with Crippen LogP contribution in [0.25, 0.3) is 0 Å². The largest absolute Gasteiger partial charge is 0.356 e. The van der Waals surface area contributed by atoms with E-state index < -0.39 is 9.84 Å². The maximum atomic E-state index is 12.3. The Bertz CT molecular complexity index is 945. The van der Waals surface area contributed by atoms with Crippen molar-refractivity contribution >= 4 is 49.7 Å². The van der Waals surface area contributed by atoms with Gasteiger partial charge in [-0.05, 0) is 29.8 Å². The summed E-state index contributed by atoms with van der Waals surface area (Å²) in [4.78, 5) is 0.282. The molecule has 5 nitrogen and oxygen atoms in total. The standard InChI is InChI=1S/C17H16ClN3O2S3/c18-14-6-8-15(9-7-14)26(22,23)11-10-24-17-21-20-16(25-17)19-12-13-4-2-1-3-5-13/h1-9H,10-12H2,(H,19,20). The summed E-state index contributed by atoms with van der Waals surface area (Å²) in [5, 5.41) is 12.6. The Morgan fingerprint density at radius 3 is 2.50 bits per heavy atom. The monoisotopic (exact) mass is 425 g/mol. The lowest BCUT2D eigenvalue weighted by atomic mass is 10.2. The zero-order valence-corrected chi connectivity index (χ0v) is 16.8. The molecule has 1 N–H and O–H groups in total. The van der Waals surface area contributed by atoms with E-state index in [1.54, 1.807) is 12.1 Å². The van der Waals surface area contributed by atoms with Gasteiger partial charge in [-0.1, -0.05) is 65.0 Å². The van der Waals surface area contributed by atoms with Crippen LogP contribution in [0, 0.1) is 0 Å². The number of hydrogen-bond acceptors (Lipinski definition) is 7. The topological polar surface area (TPSA) is 72.0 Å². The Morgan fingerprint density at radius 2 is 1.77 bits per heavy atom. The minimum absolute atomic E-state index is 0.0334. The van der Waals surface area contributed by atoms with Crippen molar-refractivity contribution in [2.45, 2.75) is 15.8 Å². The average Bonchev–Trinajstić information content (AvgIpc) is 3.09. The molecule has 0 atom stereocenters. The first kappa shape index (κ1) is 19.2. The lowest BCUT2D eigenvalue weighted by Gasteiger charge is -2.03. The predicted octanol–water partition coefficient (Wildman–Crippen LogP) is 4.37. The first-order valence-corrected chi connectivity index (χ1v) is 11.6. The lowest BCUT2D eigenvalue weighted by molar-refractivity contribution is 0.597. The van der Waals surface area contributed by atoms with Crippen molar-refractivity contribution in [3.63, 3.8) is 0 Å². The molecule has 0 amide bonds. The number of rotatable bonds is 8. The summed E-state index contributed by atoms with van der Waals surface area (Å²) in [6.45, 7) is 0.672. The van der Waals surface area contributed by atoms with Crippen molar-refractivity contribution < 1.29 is 8.42 Å². The molecular formula is C17H16ClN3O2S3. The SMILES string of the molecule is O=S(=O)(CCSc1nnc(NCc2ccccc2)s1)c1ccc(Cl)cc1. The molecule has 2 aromatic carbocycles. The first-order chi connectivity index (χ1) is 12.5. The van der Waals surface area contributed by atoms with Gasteiger partial charge in [-0.25, -0.2) is 8.42 Å². The molecule has 0 aliphatic carbocycles. The third kappa shape index (κ3) is 5.44. The third-order valence-electron chi connectivity index (χ3n) is 3.44. The minimum Gasteiger partial charge on any atom is -0.356 e. The average molecular weight is 426 g/mol. The zero-order chi connectivity index (χ0) is 18.4. The Labute approximate surface area is 165 Å². The van der Waals surface area contributed by atoms with E-state index in [1.165, 1.54) is 35.2 Å². The molecule has 0 fully saturated rings. The highest BCUT2D eigenvalue weighted by Crippen LogP contribution is 2.26. The molecule has 1 heterocycles. The highest BCUT2D eigenvalue weighted by Gasteiger charge is 2.15. The molecule has 9 heteroatoms. The Balaban J connectivity index is 1.49. The van der Waals surface area contributed by atoms with Crippen molar-refractivity contribution in [2.24, 2.45) is 0 Å². The number of hydrogen-bond donors (Lipinski definition) is 1. The van der Waals surface area contributed by atoms with Gasteiger partial charge in [0.2, 0.25) is 5.13 Å². The predicted molar refractivity (Wildman–Crippen MR) is 108 cm³/mol. The van der Waals surface area contributed by atoms with Gasteiger partial charge in [-0.15, -0.1) is 10.2 Å². The van der Waals surface area contributed by atoms with Crippen LogP contribution in [0.4, 0.5) is 5.13 Å². The zero-order valence-electron chi connectivity index (χ0n) is 13.6. The highest BCUT2D eigenvalue weighted by atomic mass is 35.5. The number of thioether (sulfide) groups is 1. The summed E-state index contributed by atoms with van der Waals surface area (Å²) in [7, 11) is -3.33. The summed E-state index contributed by atoms with van der Waals surface area (Å²) in [5.41, 5.74) is 1.16. The smallest absolute Gasteiger partial charge is 0.206 e. The number of halogens is 1. The van der Waals surface area contributed by atoms with Crippen LogP contribution >= 0.6 is 34.7 Å². The van der Waals surface area contributed by atoms with E-state index in [9.17, 15) is 8.42 Å². The number of sulfone groups is 1. The van der Waals surface area contributed by atoms with Crippen LogP contribution in [0.1, 0.15) is 5.56 Å². The van der Waals surface area contributed by atoms with Crippen LogP contribution in [0.5, 0.6) is 0 Å². The quantitative estimate of drug-likeness (QED) is 0.540. The molecule has 1 aromatic heterocycles. The second-order valence-electron chi connectivity index (χ2n) is 5.33. The number of nitrogens with one attached hydrogen (secondary N) is 1. The van der Waals surface area contributed by atoms with Crippen molar-refractivity contribution in [1.29, 1.82) is 0 Å². The summed E-state index contributed by atoms with van der Waals surface area (Å²) >= 11 is 8.60. The van der Waals surface area contributed by atoms with Crippen molar-refractivity contribution in [2.75, 3.05) is 16.8 Å². The van der Waals surface area contributed by atoms with Crippen molar-refractivity contribution in [3.8, 4) is 0 Å². The van der Waals surface area contributed by atoms with Gasteiger partial charge in [0.05, 0.1) is 10.6 Å². The lowest BCUT2D eigenvalue weighted by Crippen LogP contribution is -2.08. The first-order valence-electron chi connectivity index (χ1n) is 7.75. The molecule has 3 rings (SSSR count). The number of anilines is 1. The van der Waals surface area contributed by atoms with Gasteiger partial charge >= 0.3 is 0 Å². The Hall–Kier alpha value is -1.61. The Morgan fingerprint density at radius 1 is 1.04 bits per heavy atom. The molecule has 0 aliphatic heterocycles. The fraction of sp³-hybridized carbons (Fsp3) is 0.176. The van der Waals surface area contributed by atoms with E-state index in [2.05, 4.69) is 15.5 Å². The van der Waals surface area contributed by atoms with E-state index in [0.717, 1.165) is 15.0 Å². The molecule has 0 unspecified atom stereocenters. The van der Waals surface area contributed by atoms with Crippen molar-refractivity contribution in [3.05, 3.63) is 65.2 Å². The van der Waals surface area contributed by atoms with Gasteiger partial charge < -0.3 is 5.32 Å². The molecule has 0 aliphatic rings. The molecular weight excluding hydrogens is 410 g/mol. The molecule has 3 aromatic rings. The van der Waals surface area contributed by atoms with Crippen LogP contribution in [-0.2, 0) is 16.4 Å². The second kappa shape index (κ2) is 8.85. The van der Waals surface area contributed by atoms with Crippen LogP contribution in [0.15, 0.2) is 63.8 Å². The summed E-state index contributed by atoms with van der Waals surface area (Å²) in [6.07, 6.45) is 0. The maximum absolute atomic E-state index is 12.3. The fourth-order valence-corrected chi connectivity index (χ4v) is 5.70. The van der Waals surface area contributed by atoms with E-state index in [-0.39, 0.29) is 10.6 Å². The van der Waals surface area contributed by atoms with Gasteiger partial charge in [0.15, 0.2) is 14.2 Å². The number of nitrogens with zero attached hydrogens (tertiary/aromatic N) is 2. The van der Waals surface area contributed by atoms with Crippen LogP contribution in [0.2, 0.25) is 5.02 Å². The summed E-state index contributed by atoms with van der Waals surface area (Å²) in [5.74, 6) is 0.448. The molecule has 0 radical (unpaired) electrons. The fourth-order valence-electron chi connectivity index (χ4n) is 2.11. The van der Waals surface area contributed by atoms with Crippen LogP contribution in [0.3, 0.4) is 0 Å². The molecule has 0 bridgehead atoms. The van der Waals surface area contributed by atoms with Gasteiger partial charge in [0, 0.05) is 17.3 Å². The summed E-state index contributed by atoms with van der Waals surface area (Å²) < 4.78 is 25.3. The molecule has 26 heavy (non-hydrogen) atoms. The summed E-state index contributed by atoms with van der Waals surface area (Å²) in [6, 6.07) is 16.2. The van der Waals surface area contributed by atoms with Gasteiger partial charge in [0.1, 0.15) is 0 Å². The van der Waals surface area contributed by atoms with E-state index in [0.29, 0.717) is 17.3 Å². The van der Waals surface area contributed by atoms with Crippen LogP contribution in [-0.4, -0.2) is 30.1 Å². The van der Waals surface area contributed by atoms with Crippen molar-refractivity contribution in [1.82, 2.24) is 10.2 Å². The molecule has 0 saturated carbocycles. The Kier molecular flexibility index (Phi) is 6.53. The van der Waals surface area contributed by atoms with Gasteiger partial charge in [0.25, 0.3) is 0 Å². The second-order valence-corrected chi connectivity index (χ2v) is 10.2. The maximum Gasteiger partial charge on any atom is 0.206 e. The van der Waals surface area contributed by atoms with E-state index in [1.807, 2.05) is 30.3 Å². The van der Waals surface area contributed by atoms with Crippen LogP contribution < -0.4 is 5.32 Å². The molecule has 136 valence electrons. The van der Waals surface area contributed by atoms with Gasteiger partial charge in [-0.3, -0.25) is 0 Å². The third-order valence-corrected chi connectivity index (χ3v) is 7.70. The molecule has 0 saturated heterocycles. The van der Waals surface area contributed by atoms with E-state index >= 15 is 0 Å². The minimum atomic E-state index is -3.33. The van der Waals surface area contributed by atoms with Gasteiger partial charge in [-0.2, -0.15) is 0 Å². The van der Waals surface area contributed by atoms with E-state index in [4.69, 9.17) is 11.6 Å². The normalized spacial score (nSPS) is 11.4. The number of benzene rings is 2. The molecule has 0 spiro atoms.